The molecule has 0 aliphatic rings. The lowest BCUT2D eigenvalue weighted by molar-refractivity contribution is -0.138. The second-order valence-corrected chi connectivity index (χ2v) is 4.14. The van der Waals surface area contributed by atoms with E-state index in [0.29, 0.717) is 5.69 Å². The van der Waals surface area contributed by atoms with Crippen LogP contribution in [0.3, 0.4) is 0 Å². The number of aromatic amines is 1. The van der Waals surface area contributed by atoms with Gasteiger partial charge in [-0.05, 0) is 28.9 Å². The molecule has 1 atom stereocenters. The van der Waals surface area contributed by atoms with Crippen molar-refractivity contribution in [3.8, 4) is 0 Å². The van der Waals surface area contributed by atoms with Gasteiger partial charge in [0.25, 0.3) is 0 Å². The van der Waals surface area contributed by atoms with E-state index in [4.69, 9.17) is 10.8 Å². The predicted octanol–water partition coefficient (Wildman–Crippen LogP) is 1.43. The van der Waals surface area contributed by atoms with E-state index in [-0.39, 0.29) is 6.42 Å². The zero-order valence-corrected chi connectivity index (χ0v) is 8.76. The first-order valence-corrected chi connectivity index (χ1v) is 4.56. The van der Waals surface area contributed by atoms with E-state index in [1.165, 1.54) is 0 Å². The molecule has 0 aromatic carbocycles. The van der Waals surface area contributed by atoms with Crippen LogP contribution in [-0.2, 0) is 10.3 Å². The Hall–Kier alpha value is -0.810. The molecule has 4 nitrogen and oxygen atoms in total. The molecule has 13 heavy (non-hydrogen) atoms. The molecule has 0 unspecified atom stereocenters. The average molecular weight is 247 g/mol. The van der Waals surface area contributed by atoms with Crippen molar-refractivity contribution in [2.45, 2.75) is 18.9 Å². The van der Waals surface area contributed by atoms with E-state index in [9.17, 15) is 4.79 Å². The van der Waals surface area contributed by atoms with E-state index in [1.54, 1.807) is 19.2 Å². The largest absolute Gasteiger partial charge is 0.481 e. The minimum atomic E-state index is -0.907. The highest BCUT2D eigenvalue weighted by Gasteiger charge is 2.25. The van der Waals surface area contributed by atoms with Gasteiger partial charge in [0.15, 0.2) is 0 Å². The van der Waals surface area contributed by atoms with Crippen LogP contribution in [0.2, 0.25) is 0 Å². The van der Waals surface area contributed by atoms with E-state index in [2.05, 4.69) is 20.9 Å². The van der Waals surface area contributed by atoms with Crippen molar-refractivity contribution in [3.05, 3.63) is 22.4 Å². The maximum Gasteiger partial charge on any atom is 0.305 e. The molecule has 1 rings (SSSR count). The summed E-state index contributed by atoms with van der Waals surface area (Å²) < 4.78 is 0.865. The minimum Gasteiger partial charge on any atom is -0.481 e. The van der Waals surface area contributed by atoms with Crippen molar-refractivity contribution in [2.75, 3.05) is 0 Å². The number of aromatic nitrogens is 1. The molecule has 1 aromatic rings. The fourth-order valence-electron chi connectivity index (χ4n) is 1.11. The first kappa shape index (κ1) is 10.3. The van der Waals surface area contributed by atoms with Gasteiger partial charge in [-0.25, -0.2) is 0 Å². The number of rotatable bonds is 3. The van der Waals surface area contributed by atoms with Crippen molar-refractivity contribution in [2.24, 2.45) is 5.73 Å². The summed E-state index contributed by atoms with van der Waals surface area (Å²) in [4.78, 5) is 13.4. The van der Waals surface area contributed by atoms with Gasteiger partial charge >= 0.3 is 5.97 Å². The van der Waals surface area contributed by atoms with Crippen molar-refractivity contribution >= 4 is 21.9 Å². The summed E-state index contributed by atoms with van der Waals surface area (Å²) in [5, 5.41) is 8.61. The average Bonchev–Trinajstić information content (AvgIpc) is 2.32. The molecular weight excluding hydrogens is 236 g/mol. The van der Waals surface area contributed by atoms with Crippen LogP contribution in [0.1, 0.15) is 19.0 Å². The van der Waals surface area contributed by atoms with Gasteiger partial charge in [0.2, 0.25) is 0 Å². The lowest BCUT2D eigenvalue weighted by Gasteiger charge is -2.20. The fraction of sp³-hybridized carbons (Fsp3) is 0.375. The number of nitrogens with one attached hydrogen (secondary N) is 1. The van der Waals surface area contributed by atoms with Crippen molar-refractivity contribution in [1.82, 2.24) is 4.98 Å². The number of hydrogen-bond donors (Lipinski definition) is 3. The second-order valence-electron chi connectivity index (χ2n) is 3.22. The molecule has 0 fully saturated rings. The first-order chi connectivity index (χ1) is 5.92. The van der Waals surface area contributed by atoms with Crippen LogP contribution in [0.4, 0.5) is 0 Å². The Morgan fingerprint density at radius 3 is 2.85 bits per heavy atom. The Balaban J connectivity index is 2.86. The van der Waals surface area contributed by atoms with E-state index in [0.717, 1.165) is 4.47 Å². The molecule has 1 heterocycles. The molecule has 4 N–H and O–H groups in total. The van der Waals surface area contributed by atoms with Gasteiger partial charge < -0.3 is 15.8 Å². The lowest BCUT2D eigenvalue weighted by Crippen LogP contribution is -2.35. The summed E-state index contributed by atoms with van der Waals surface area (Å²) >= 11 is 3.26. The summed E-state index contributed by atoms with van der Waals surface area (Å²) in [6.45, 7) is 1.68. The highest BCUT2D eigenvalue weighted by atomic mass is 79.9. The monoisotopic (exact) mass is 246 g/mol. The van der Waals surface area contributed by atoms with Crippen LogP contribution in [0.25, 0.3) is 0 Å². The van der Waals surface area contributed by atoms with Gasteiger partial charge in [-0.1, -0.05) is 0 Å². The summed E-state index contributed by atoms with van der Waals surface area (Å²) in [6, 6.07) is 1.78. The molecule has 0 saturated carbocycles. The molecule has 0 aliphatic carbocycles. The summed E-state index contributed by atoms with van der Waals surface area (Å²) in [7, 11) is 0. The molecule has 0 aliphatic heterocycles. The standard InChI is InChI=1S/C8H11BrN2O2/c1-8(10,3-7(12)13)6-2-5(9)4-11-6/h2,4,11H,3,10H2,1H3,(H,12,13)/t8-/m0/s1. The number of hydrogen-bond acceptors (Lipinski definition) is 2. The smallest absolute Gasteiger partial charge is 0.305 e. The topological polar surface area (TPSA) is 79.1 Å². The summed E-state index contributed by atoms with van der Waals surface area (Å²) in [6.07, 6.45) is 1.63. The number of aliphatic carboxylic acids is 1. The Labute approximate surface area is 84.3 Å². The van der Waals surface area contributed by atoms with Gasteiger partial charge in [0.1, 0.15) is 0 Å². The van der Waals surface area contributed by atoms with Crippen LogP contribution >= 0.6 is 15.9 Å². The third-order valence-electron chi connectivity index (χ3n) is 1.78. The van der Waals surface area contributed by atoms with Crippen molar-refractivity contribution < 1.29 is 9.90 Å². The van der Waals surface area contributed by atoms with Gasteiger partial charge in [0.05, 0.1) is 12.0 Å². The Morgan fingerprint density at radius 1 is 1.85 bits per heavy atom. The fourth-order valence-corrected chi connectivity index (χ4v) is 1.45. The summed E-state index contributed by atoms with van der Waals surface area (Å²) in [5.74, 6) is -0.907. The Kier molecular flexibility index (Phi) is 2.77. The second kappa shape index (κ2) is 3.51. The quantitative estimate of drug-likeness (QED) is 0.755. The molecule has 0 bridgehead atoms. The molecule has 0 amide bonds. The molecular formula is C8H11BrN2O2. The number of carboxylic acids is 1. The van der Waals surface area contributed by atoms with Gasteiger partial charge in [-0.2, -0.15) is 0 Å². The number of H-pyrrole nitrogens is 1. The zero-order chi connectivity index (χ0) is 10.1. The number of nitrogens with two attached hydrogens (primary N) is 1. The van der Waals surface area contributed by atoms with Crippen molar-refractivity contribution in [3.63, 3.8) is 0 Å². The van der Waals surface area contributed by atoms with Crippen LogP contribution in [0, 0.1) is 0 Å². The van der Waals surface area contributed by atoms with Crippen LogP contribution < -0.4 is 5.73 Å². The molecule has 0 radical (unpaired) electrons. The zero-order valence-electron chi connectivity index (χ0n) is 7.17. The van der Waals surface area contributed by atoms with E-state index < -0.39 is 11.5 Å². The number of carbonyl (C=O) groups is 1. The first-order valence-electron chi connectivity index (χ1n) is 3.77. The van der Waals surface area contributed by atoms with Gasteiger partial charge in [-0.15, -0.1) is 0 Å². The summed E-state index contributed by atoms with van der Waals surface area (Å²) in [5.41, 5.74) is 5.68. The molecule has 1 aromatic heterocycles. The normalized spacial score (nSPS) is 15.3. The number of carboxylic acid groups (broad SMARTS) is 1. The maximum absolute atomic E-state index is 10.5. The van der Waals surface area contributed by atoms with Gasteiger partial charge in [-0.3, -0.25) is 4.79 Å². The molecule has 5 heteroatoms. The van der Waals surface area contributed by atoms with E-state index in [1.807, 2.05) is 0 Å². The van der Waals surface area contributed by atoms with Crippen LogP contribution in [0.5, 0.6) is 0 Å². The maximum atomic E-state index is 10.5. The molecule has 0 saturated heterocycles. The van der Waals surface area contributed by atoms with Crippen molar-refractivity contribution in [1.29, 1.82) is 0 Å². The predicted molar refractivity (Wildman–Crippen MR) is 52.3 cm³/mol. The highest BCUT2D eigenvalue weighted by Crippen LogP contribution is 2.23. The van der Waals surface area contributed by atoms with Crippen LogP contribution in [-0.4, -0.2) is 16.1 Å². The Bertz CT molecular complexity index is 320. The third kappa shape index (κ3) is 2.57. The van der Waals surface area contributed by atoms with E-state index >= 15 is 0 Å². The van der Waals surface area contributed by atoms with Gasteiger partial charge in [0, 0.05) is 16.4 Å². The third-order valence-corrected chi connectivity index (χ3v) is 2.24. The highest BCUT2D eigenvalue weighted by molar-refractivity contribution is 9.10. The number of halogens is 1. The molecule has 72 valence electrons. The van der Waals surface area contributed by atoms with Crippen LogP contribution in [0.15, 0.2) is 16.7 Å². The lowest BCUT2D eigenvalue weighted by atomic mass is 9.95. The Morgan fingerprint density at radius 2 is 2.46 bits per heavy atom. The minimum absolute atomic E-state index is 0.0973. The molecule has 0 spiro atoms. The SMILES string of the molecule is C[C@](N)(CC(=O)O)c1cc(Br)c[nH]1.